The lowest BCUT2D eigenvalue weighted by Crippen LogP contribution is -2.12. The summed E-state index contributed by atoms with van der Waals surface area (Å²) in [6.07, 6.45) is 1.93. The second kappa shape index (κ2) is 6.06. The van der Waals surface area contributed by atoms with Gasteiger partial charge in [0.15, 0.2) is 0 Å². The predicted octanol–water partition coefficient (Wildman–Crippen LogP) is 4.22. The van der Waals surface area contributed by atoms with Gasteiger partial charge in [-0.3, -0.25) is 0 Å². The molecule has 0 atom stereocenters. The molecule has 0 amide bonds. The van der Waals surface area contributed by atoms with Gasteiger partial charge in [-0.1, -0.05) is 48.0 Å². The molecule has 0 aliphatic carbocycles. The van der Waals surface area contributed by atoms with Crippen LogP contribution in [0.15, 0.2) is 54.7 Å². The lowest BCUT2D eigenvalue weighted by molar-refractivity contribution is 1.08. The maximum atomic E-state index is 4.62. The van der Waals surface area contributed by atoms with E-state index in [1.165, 1.54) is 21.9 Å². The van der Waals surface area contributed by atoms with Crippen LogP contribution in [0, 0.1) is 6.92 Å². The van der Waals surface area contributed by atoms with Crippen LogP contribution in [0.2, 0.25) is 0 Å². The van der Waals surface area contributed by atoms with Crippen LogP contribution in [0.4, 0.5) is 11.5 Å². The van der Waals surface area contributed by atoms with Crippen LogP contribution >= 0.6 is 0 Å². The van der Waals surface area contributed by atoms with Gasteiger partial charge in [0, 0.05) is 31.4 Å². The van der Waals surface area contributed by atoms with Crippen LogP contribution in [0.5, 0.6) is 0 Å². The van der Waals surface area contributed by atoms with E-state index in [1.54, 1.807) is 0 Å². The highest BCUT2D eigenvalue weighted by Crippen LogP contribution is 2.30. The molecule has 2 aromatic carbocycles. The Kier molecular flexibility index (Phi) is 3.96. The fourth-order valence-corrected chi connectivity index (χ4v) is 2.63. The second-order valence-electron chi connectivity index (χ2n) is 5.78. The third-order valence-electron chi connectivity index (χ3n) is 3.77. The number of hydrogen-bond acceptors (Lipinski definition) is 3. The van der Waals surface area contributed by atoms with E-state index in [4.69, 9.17) is 0 Å². The Morgan fingerprint density at radius 2 is 1.77 bits per heavy atom. The van der Waals surface area contributed by atoms with Crippen molar-refractivity contribution in [1.82, 2.24) is 4.98 Å². The van der Waals surface area contributed by atoms with E-state index in [-0.39, 0.29) is 0 Å². The number of fused-ring (bicyclic) bond motifs is 1. The monoisotopic (exact) mass is 291 g/mol. The summed E-state index contributed by atoms with van der Waals surface area (Å²) in [6, 6.07) is 16.9. The molecule has 1 aromatic heterocycles. The van der Waals surface area contributed by atoms with E-state index in [9.17, 15) is 0 Å². The molecule has 0 saturated carbocycles. The number of nitrogens with zero attached hydrogens (tertiary/aromatic N) is 2. The zero-order valence-corrected chi connectivity index (χ0v) is 13.3. The molecule has 3 rings (SSSR count). The number of pyridine rings is 1. The standard InChI is InChI=1S/C19H21N3/c1-14-9-10-16-17(11-14)19(22(2)3)21-13-18(16)20-12-15-7-5-4-6-8-15/h4-11,13,20H,12H2,1-3H3. The summed E-state index contributed by atoms with van der Waals surface area (Å²) < 4.78 is 0. The molecule has 3 heteroatoms. The third-order valence-corrected chi connectivity index (χ3v) is 3.77. The highest BCUT2D eigenvalue weighted by Gasteiger charge is 2.09. The van der Waals surface area contributed by atoms with Crippen molar-refractivity contribution in [2.75, 3.05) is 24.3 Å². The molecular weight excluding hydrogens is 270 g/mol. The maximum absolute atomic E-state index is 4.62. The summed E-state index contributed by atoms with van der Waals surface area (Å²) in [7, 11) is 4.06. The third kappa shape index (κ3) is 2.89. The molecule has 3 nitrogen and oxygen atoms in total. The van der Waals surface area contributed by atoms with Gasteiger partial charge in [-0.15, -0.1) is 0 Å². The zero-order valence-electron chi connectivity index (χ0n) is 13.3. The van der Waals surface area contributed by atoms with E-state index >= 15 is 0 Å². The molecule has 1 N–H and O–H groups in total. The number of nitrogens with one attached hydrogen (secondary N) is 1. The van der Waals surface area contributed by atoms with Crippen molar-refractivity contribution >= 4 is 22.3 Å². The second-order valence-corrected chi connectivity index (χ2v) is 5.78. The van der Waals surface area contributed by atoms with Crippen LogP contribution in [-0.2, 0) is 6.54 Å². The number of rotatable bonds is 4. The minimum Gasteiger partial charge on any atom is -0.379 e. The van der Waals surface area contributed by atoms with Crippen molar-refractivity contribution < 1.29 is 0 Å². The molecule has 0 aliphatic heterocycles. The topological polar surface area (TPSA) is 28.2 Å². The van der Waals surface area contributed by atoms with Crippen LogP contribution in [-0.4, -0.2) is 19.1 Å². The fraction of sp³-hybridized carbons (Fsp3) is 0.211. The van der Waals surface area contributed by atoms with E-state index in [2.05, 4.69) is 64.6 Å². The van der Waals surface area contributed by atoms with Crippen molar-refractivity contribution in [3.63, 3.8) is 0 Å². The van der Waals surface area contributed by atoms with Crippen LogP contribution < -0.4 is 10.2 Å². The molecule has 0 bridgehead atoms. The minimum atomic E-state index is 0.798. The predicted molar refractivity (Wildman–Crippen MR) is 94.6 cm³/mol. The molecule has 3 aromatic rings. The molecule has 0 aliphatic rings. The first-order chi connectivity index (χ1) is 10.6. The number of anilines is 2. The molecule has 0 radical (unpaired) electrons. The van der Waals surface area contributed by atoms with Crippen LogP contribution in [0.1, 0.15) is 11.1 Å². The molecule has 22 heavy (non-hydrogen) atoms. The fourth-order valence-electron chi connectivity index (χ4n) is 2.63. The SMILES string of the molecule is Cc1ccc2c(NCc3ccccc3)cnc(N(C)C)c2c1. The van der Waals surface area contributed by atoms with Gasteiger partial charge in [-0.25, -0.2) is 4.98 Å². The Morgan fingerprint density at radius 3 is 2.50 bits per heavy atom. The van der Waals surface area contributed by atoms with Gasteiger partial charge in [-0.2, -0.15) is 0 Å². The van der Waals surface area contributed by atoms with Gasteiger partial charge < -0.3 is 10.2 Å². The molecule has 0 unspecified atom stereocenters. The number of hydrogen-bond donors (Lipinski definition) is 1. The summed E-state index contributed by atoms with van der Waals surface area (Å²) in [5.74, 6) is 1.00. The van der Waals surface area contributed by atoms with E-state index < -0.39 is 0 Å². The molecular formula is C19H21N3. The molecule has 0 saturated heterocycles. The summed E-state index contributed by atoms with van der Waals surface area (Å²) in [6.45, 7) is 2.91. The molecule has 0 fully saturated rings. The van der Waals surface area contributed by atoms with Crippen molar-refractivity contribution in [3.05, 3.63) is 65.9 Å². The Labute approximate surface area is 131 Å². The Morgan fingerprint density at radius 1 is 1.00 bits per heavy atom. The number of aromatic nitrogens is 1. The summed E-state index contributed by atoms with van der Waals surface area (Å²) in [5.41, 5.74) is 3.58. The van der Waals surface area contributed by atoms with Crippen LogP contribution in [0.25, 0.3) is 10.8 Å². The lowest BCUT2D eigenvalue weighted by Gasteiger charge is -2.17. The first-order valence-electron chi connectivity index (χ1n) is 7.49. The van der Waals surface area contributed by atoms with Gasteiger partial charge >= 0.3 is 0 Å². The lowest BCUT2D eigenvalue weighted by atomic mass is 10.1. The van der Waals surface area contributed by atoms with Gasteiger partial charge in [0.25, 0.3) is 0 Å². The van der Waals surface area contributed by atoms with E-state index in [0.717, 1.165) is 18.1 Å². The Hall–Kier alpha value is -2.55. The van der Waals surface area contributed by atoms with Gasteiger partial charge in [0.05, 0.1) is 11.9 Å². The van der Waals surface area contributed by atoms with Gasteiger partial charge in [0.1, 0.15) is 5.82 Å². The molecule has 0 spiro atoms. The van der Waals surface area contributed by atoms with Crippen molar-refractivity contribution in [1.29, 1.82) is 0 Å². The average Bonchev–Trinajstić information content (AvgIpc) is 2.53. The van der Waals surface area contributed by atoms with Gasteiger partial charge in [0.2, 0.25) is 0 Å². The van der Waals surface area contributed by atoms with Gasteiger partial charge in [-0.05, 0) is 18.6 Å². The average molecular weight is 291 g/mol. The first-order valence-corrected chi connectivity index (χ1v) is 7.49. The summed E-state index contributed by atoms with van der Waals surface area (Å²) >= 11 is 0. The Balaban J connectivity index is 1.98. The van der Waals surface area contributed by atoms with E-state index in [0.29, 0.717) is 0 Å². The van der Waals surface area contributed by atoms with E-state index in [1.807, 2.05) is 26.4 Å². The summed E-state index contributed by atoms with van der Waals surface area (Å²) in [4.78, 5) is 6.68. The number of aryl methyl sites for hydroxylation is 1. The van der Waals surface area contributed by atoms with Crippen molar-refractivity contribution in [2.24, 2.45) is 0 Å². The Bertz CT molecular complexity index is 779. The zero-order chi connectivity index (χ0) is 15.5. The van der Waals surface area contributed by atoms with Crippen molar-refractivity contribution in [3.8, 4) is 0 Å². The highest BCUT2D eigenvalue weighted by atomic mass is 15.1. The molecule has 1 heterocycles. The quantitative estimate of drug-likeness (QED) is 0.780. The largest absolute Gasteiger partial charge is 0.379 e. The summed E-state index contributed by atoms with van der Waals surface area (Å²) in [5, 5.41) is 5.90. The number of benzene rings is 2. The van der Waals surface area contributed by atoms with Crippen LogP contribution in [0.3, 0.4) is 0 Å². The first kappa shape index (κ1) is 14.4. The highest BCUT2D eigenvalue weighted by molar-refractivity contribution is 6.00. The normalized spacial score (nSPS) is 10.7. The maximum Gasteiger partial charge on any atom is 0.136 e. The smallest absolute Gasteiger partial charge is 0.136 e. The minimum absolute atomic E-state index is 0.798. The molecule has 112 valence electrons. The van der Waals surface area contributed by atoms with Crippen molar-refractivity contribution in [2.45, 2.75) is 13.5 Å².